The maximum Gasteiger partial charge on any atom is 0.195 e. The zero-order valence-electron chi connectivity index (χ0n) is 10.0. The second kappa shape index (κ2) is 3.98. The highest BCUT2D eigenvalue weighted by Gasteiger charge is 2.50. The summed E-state index contributed by atoms with van der Waals surface area (Å²) in [7, 11) is 0. The van der Waals surface area contributed by atoms with Gasteiger partial charge in [0.15, 0.2) is 5.79 Å². The van der Waals surface area contributed by atoms with Crippen LogP contribution < -0.4 is 0 Å². The zero-order chi connectivity index (χ0) is 11.9. The molecular weight excluding hydrogens is 236 g/mol. The Hall–Kier alpha value is -0.570. The largest absolute Gasteiger partial charge is 0.346 e. The zero-order valence-corrected chi connectivity index (χ0v) is 10.8. The van der Waals surface area contributed by atoms with Crippen molar-refractivity contribution in [1.82, 2.24) is 0 Å². The Morgan fingerprint density at radius 2 is 1.94 bits per heavy atom. The standard InChI is InChI=1S/C14H17ClO2/c1-13-7-2-8-16-14(9-13,17-10-13)11-3-5-12(15)6-4-11/h3-6H,2,7-10H2,1H3. The number of ether oxygens (including phenoxy) is 2. The van der Waals surface area contributed by atoms with Crippen LogP contribution in [-0.4, -0.2) is 13.2 Å². The van der Waals surface area contributed by atoms with E-state index in [1.165, 1.54) is 6.42 Å². The van der Waals surface area contributed by atoms with E-state index in [-0.39, 0.29) is 5.41 Å². The van der Waals surface area contributed by atoms with E-state index in [1.54, 1.807) is 0 Å². The Kier molecular flexibility index (Phi) is 2.69. The van der Waals surface area contributed by atoms with Crippen LogP contribution >= 0.6 is 11.6 Å². The molecule has 3 rings (SSSR count). The quantitative estimate of drug-likeness (QED) is 0.758. The van der Waals surface area contributed by atoms with Gasteiger partial charge in [-0.25, -0.2) is 0 Å². The molecule has 1 aromatic carbocycles. The maximum absolute atomic E-state index is 6.01. The van der Waals surface area contributed by atoms with Gasteiger partial charge in [-0.3, -0.25) is 0 Å². The number of hydrogen-bond acceptors (Lipinski definition) is 2. The average Bonchev–Trinajstić information content (AvgIpc) is 2.54. The van der Waals surface area contributed by atoms with Crippen molar-refractivity contribution < 1.29 is 9.47 Å². The van der Waals surface area contributed by atoms with Gasteiger partial charge in [-0.1, -0.05) is 30.7 Å². The molecular formula is C14H17ClO2. The molecule has 2 atom stereocenters. The molecule has 0 N–H and O–H groups in total. The highest BCUT2D eigenvalue weighted by molar-refractivity contribution is 6.30. The average molecular weight is 253 g/mol. The summed E-state index contributed by atoms with van der Waals surface area (Å²) in [5.74, 6) is -0.532. The van der Waals surface area contributed by atoms with Gasteiger partial charge in [0.2, 0.25) is 0 Å². The van der Waals surface area contributed by atoms with Crippen LogP contribution in [0.15, 0.2) is 24.3 Å². The van der Waals surface area contributed by atoms with Crippen molar-refractivity contribution in [2.45, 2.75) is 32.0 Å². The van der Waals surface area contributed by atoms with Crippen LogP contribution in [0.25, 0.3) is 0 Å². The SMILES string of the molecule is CC12CCCOC(c3ccc(Cl)cc3)(C1)OC2. The first-order valence-electron chi connectivity index (χ1n) is 6.16. The number of rotatable bonds is 1. The van der Waals surface area contributed by atoms with Gasteiger partial charge in [-0.2, -0.15) is 0 Å². The van der Waals surface area contributed by atoms with Crippen molar-refractivity contribution in [3.05, 3.63) is 34.9 Å². The molecule has 17 heavy (non-hydrogen) atoms. The number of hydrogen-bond donors (Lipinski definition) is 0. The molecule has 2 aliphatic heterocycles. The van der Waals surface area contributed by atoms with E-state index < -0.39 is 5.79 Å². The lowest BCUT2D eigenvalue weighted by Gasteiger charge is -2.28. The van der Waals surface area contributed by atoms with Crippen LogP contribution in [0.3, 0.4) is 0 Å². The van der Waals surface area contributed by atoms with E-state index in [0.29, 0.717) is 0 Å². The van der Waals surface area contributed by atoms with Gasteiger partial charge >= 0.3 is 0 Å². The molecule has 0 aromatic heterocycles. The summed E-state index contributed by atoms with van der Waals surface area (Å²) in [6.07, 6.45) is 3.25. The van der Waals surface area contributed by atoms with Gasteiger partial charge in [0.05, 0.1) is 13.2 Å². The first-order chi connectivity index (χ1) is 8.12. The van der Waals surface area contributed by atoms with E-state index >= 15 is 0 Å². The van der Waals surface area contributed by atoms with E-state index in [4.69, 9.17) is 21.1 Å². The second-order valence-electron chi connectivity index (χ2n) is 5.49. The minimum Gasteiger partial charge on any atom is -0.346 e. The summed E-state index contributed by atoms with van der Waals surface area (Å²) in [6.45, 7) is 3.85. The van der Waals surface area contributed by atoms with E-state index in [0.717, 1.165) is 36.6 Å². The smallest absolute Gasteiger partial charge is 0.195 e. The molecule has 0 amide bonds. The third kappa shape index (κ3) is 1.99. The molecule has 2 bridgehead atoms. The number of halogens is 1. The van der Waals surface area contributed by atoms with Crippen molar-refractivity contribution in [3.8, 4) is 0 Å². The van der Waals surface area contributed by atoms with Gasteiger partial charge in [0, 0.05) is 17.0 Å². The normalized spacial score (nSPS) is 36.8. The molecule has 3 heteroatoms. The van der Waals surface area contributed by atoms with Gasteiger partial charge in [0.25, 0.3) is 0 Å². The van der Waals surface area contributed by atoms with Gasteiger partial charge < -0.3 is 9.47 Å². The lowest BCUT2D eigenvalue weighted by atomic mass is 9.82. The van der Waals surface area contributed by atoms with Crippen molar-refractivity contribution in [2.24, 2.45) is 5.41 Å². The molecule has 1 aromatic rings. The summed E-state index contributed by atoms with van der Waals surface area (Å²) >= 11 is 5.93. The summed E-state index contributed by atoms with van der Waals surface area (Å²) < 4.78 is 12.0. The summed E-state index contributed by atoms with van der Waals surface area (Å²) in [5, 5.41) is 0.750. The molecule has 92 valence electrons. The molecule has 2 nitrogen and oxygen atoms in total. The third-order valence-electron chi connectivity index (χ3n) is 3.86. The van der Waals surface area contributed by atoms with Crippen molar-refractivity contribution >= 4 is 11.6 Å². The topological polar surface area (TPSA) is 18.5 Å². The molecule has 2 saturated heterocycles. The summed E-state index contributed by atoms with van der Waals surface area (Å²) in [5.41, 5.74) is 1.35. The molecule has 2 unspecified atom stereocenters. The highest BCUT2D eigenvalue weighted by Crippen LogP contribution is 2.50. The minimum atomic E-state index is -0.532. The molecule has 0 saturated carbocycles. The van der Waals surface area contributed by atoms with Crippen LogP contribution in [0.5, 0.6) is 0 Å². The Bertz CT molecular complexity index is 413. The Balaban J connectivity index is 1.97. The van der Waals surface area contributed by atoms with Gasteiger partial charge in [-0.05, 0) is 30.4 Å². The molecule has 0 aliphatic carbocycles. The number of fused-ring (bicyclic) bond motifs is 2. The lowest BCUT2D eigenvalue weighted by Crippen LogP contribution is -2.28. The van der Waals surface area contributed by atoms with Crippen molar-refractivity contribution in [1.29, 1.82) is 0 Å². The first-order valence-corrected chi connectivity index (χ1v) is 6.54. The van der Waals surface area contributed by atoms with E-state index in [1.807, 2.05) is 24.3 Å². The Labute approximate surface area is 107 Å². The lowest BCUT2D eigenvalue weighted by molar-refractivity contribution is -0.219. The molecule has 2 aliphatic rings. The van der Waals surface area contributed by atoms with Crippen LogP contribution in [0.1, 0.15) is 31.7 Å². The van der Waals surface area contributed by atoms with Crippen LogP contribution in [-0.2, 0) is 15.3 Å². The highest BCUT2D eigenvalue weighted by atomic mass is 35.5. The van der Waals surface area contributed by atoms with Crippen molar-refractivity contribution in [2.75, 3.05) is 13.2 Å². The van der Waals surface area contributed by atoms with E-state index in [2.05, 4.69) is 6.92 Å². The fourth-order valence-electron chi connectivity index (χ4n) is 2.92. The predicted octanol–water partition coefficient (Wildman–Crippen LogP) is 3.73. The molecule has 2 fully saturated rings. The second-order valence-corrected chi connectivity index (χ2v) is 5.92. The van der Waals surface area contributed by atoms with Gasteiger partial charge in [0.1, 0.15) is 0 Å². The summed E-state index contributed by atoms with van der Waals surface area (Å²) in [4.78, 5) is 0. The monoisotopic (exact) mass is 252 g/mol. The molecule has 2 heterocycles. The third-order valence-corrected chi connectivity index (χ3v) is 4.11. The summed E-state index contributed by atoms with van der Waals surface area (Å²) in [6, 6.07) is 7.83. The maximum atomic E-state index is 6.01. The van der Waals surface area contributed by atoms with Crippen LogP contribution in [0.2, 0.25) is 5.02 Å². The predicted molar refractivity (Wildman–Crippen MR) is 67.0 cm³/mol. The molecule has 0 spiro atoms. The van der Waals surface area contributed by atoms with Crippen molar-refractivity contribution in [3.63, 3.8) is 0 Å². The van der Waals surface area contributed by atoms with Crippen LogP contribution in [0.4, 0.5) is 0 Å². The number of benzene rings is 1. The fourth-order valence-corrected chi connectivity index (χ4v) is 3.04. The van der Waals surface area contributed by atoms with Gasteiger partial charge in [-0.15, -0.1) is 0 Å². The van der Waals surface area contributed by atoms with E-state index in [9.17, 15) is 0 Å². The minimum absolute atomic E-state index is 0.260. The Morgan fingerprint density at radius 3 is 2.71 bits per heavy atom. The first kappa shape index (κ1) is 11.5. The fraction of sp³-hybridized carbons (Fsp3) is 0.571. The Morgan fingerprint density at radius 1 is 1.18 bits per heavy atom. The molecule has 0 radical (unpaired) electrons. The van der Waals surface area contributed by atoms with Crippen LogP contribution in [0, 0.1) is 5.41 Å².